The van der Waals surface area contributed by atoms with Crippen LogP contribution in [0.4, 0.5) is 0 Å². The molecule has 2 unspecified atom stereocenters. The summed E-state index contributed by atoms with van der Waals surface area (Å²) in [5, 5.41) is 28.1. The van der Waals surface area contributed by atoms with Gasteiger partial charge in [-0.15, -0.1) is 10.2 Å². The van der Waals surface area contributed by atoms with Gasteiger partial charge < -0.3 is 37.2 Å². The van der Waals surface area contributed by atoms with Crippen LogP contribution in [-0.2, 0) is 15.3 Å². The molecule has 0 bridgehead atoms. The molecule has 0 aliphatic carbocycles. The maximum Gasteiger partial charge on any atom is 1.00 e. The largest absolute Gasteiger partial charge is 1.00 e. The molecule has 2 atom stereocenters. The van der Waals surface area contributed by atoms with Gasteiger partial charge in [0.1, 0.15) is 0 Å². The molecule has 1 aromatic heterocycles. The van der Waals surface area contributed by atoms with Crippen LogP contribution in [0.25, 0.3) is 16.0 Å². The summed E-state index contributed by atoms with van der Waals surface area (Å²) >= 11 is 0. The number of aromatic nitrogens is 4. The van der Waals surface area contributed by atoms with Gasteiger partial charge in [-0.2, -0.15) is 10.5 Å². The molecule has 0 saturated carbocycles. The van der Waals surface area contributed by atoms with Gasteiger partial charge in [0.25, 0.3) is 16.6 Å². The zero-order chi connectivity index (χ0) is 66.6. The summed E-state index contributed by atoms with van der Waals surface area (Å²) in [6.45, 7) is 29.2. The number of hydrogen-bond acceptors (Lipinski definition) is 6. The number of aryl methyl sites for hydroxylation is 1. The van der Waals surface area contributed by atoms with Crippen molar-refractivity contribution in [3.05, 3.63) is 192 Å². The predicted octanol–water partition coefficient (Wildman–Crippen LogP) is 13.0. The number of quaternary nitrogens is 1. The fourth-order valence-corrected chi connectivity index (χ4v) is 21.4. The first-order valence-electron chi connectivity index (χ1n) is 35.2. The van der Waals surface area contributed by atoms with E-state index in [1.165, 1.54) is 148 Å². The number of aromatic amines is 1. The molecule has 15 heteroatoms. The van der Waals surface area contributed by atoms with Crippen molar-refractivity contribution < 1.29 is 55.7 Å². The molecule has 0 spiro atoms. The van der Waals surface area contributed by atoms with Crippen LogP contribution < -0.4 is 67.6 Å². The van der Waals surface area contributed by atoms with Crippen LogP contribution in [0.5, 0.6) is 0 Å². The third-order valence-corrected chi connectivity index (χ3v) is 27.3. The number of benzene rings is 4. The second-order valence-electron chi connectivity index (χ2n) is 26.3. The van der Waals surface area contributed by atoms with Crippen molar-refractivity contribution in [1.29, 1.82) is 5.26 Å². The Balaban J connectivity index is 0.00000156. The van der Waals surface area contributed by atoms with E-state index >= 15 is 0 Å². The van der Waals surface area contributed by atoms with Crippen molar-refractivity contribution in [3.63, 3.8) is 0 Å². The van der Waals surface area contributed by atoms with E-state index in [4.69, 9.17) is 25.2 Å². The van der Waals surface area contributed by atoms with E-state index in [-0.39, 0.29) is 64.2 Å². The number of tetrazole rings is 1. The predicted molar refractivity (Wildman–Crippen MR) is 394 cm³/mol. The molecular formula is C78H123ClN9NaO2Si2. The Labute approximate surface area is 597 Å². The van der Waals surface area contributed by atoms with Crippen LogP contribution in [0.3, 0.4) is 0 Å². The molecule has 0 aliphatic rings. The van der Waals surface area contributed by atoms with Gasteiger partial charge in [0.2, 0.25) is 0 Å². The summed E-state index contributed by atoms with van der Waals surface area (Å²) in [5.41, 5.74) is 13.5. The van der Waals surface area contributed by atoms with E-state index in [9.17, 15) is 0 Å². The molecule has 1 heterocycles. The molecule has 0 radical (unpaired) electrons. The number of allylic oxidation sites excluding steroid dienone is 8. The van der Waals surface area contributed by atoms with Crippen LogP contribution >= 0.6 is 0 Å². The first-order valence-corrected chi connectivity index (χ1v) is 39.0. The maximum atomic E-state index is 8.54. The second-order valence-corrected chi connectivity index (χ2v) is 34.8. The summed E-state index contributed by atoms with van der Waals surface area (Å²) in [5.74, 6) is 0.810. The Morgan fingerprint density at radius 3 is 1.02 bits per heavy atom. The monoisotopic (exact) mass is 1330 g/mol. The molecule has 508 valence electrons. The molecule has 4 aromatic carbocycles. The summed E-state index contributed by atoms with van der Waals surface area (Å²) in [4.78, 5) is 3.18. The Morgan fingerprint density at radius 2 is 0.763 bits per heavy atom. The minimum absolute atomic E-state index is 0. The number of nitrogens with one attached hydrogen (secondary N) is 2. The number of nitrogens with zero attached hydrogens (tertiary/aromatic N) is 7. The van der Waals surface area contributed by atoms with Crippen molar-refractivity contribution >= 4 is 37.4 Å². The number of unbranched alkanes of at least 4 members (excludes halogenated alkanes) is 17. The van der Waals surface area contributed by atoms with Gasteiger partial charge in [-0.1, -0.05) is 255 Å². The molecule has 11 nitrogen and oxygen atoms in total. The Bertz CT molecular complexity index is 2620. The molecule has 5 aromatic rings. The van der Waals surface area contributed by atoms with E-state index in [2.05, 4.69) is 273 Å². The standard InChI is InChI=1S/C36H54N4OSi.C36H53NOSi.C6H15N.ClH.N3.Na/c1-32(41-42(36(2,3)4,33-27-21-18-22-28-33)34-29-23-19-24-30-34)26-20-16-14-12-10-8-6-5-7-9-11-13-15-17-25-31-35-37-39-40-38-35;1-33(27-21-17-15-13-11-9-7-5-6-8-10-12-14-16-18-26-32-37)38-39(36(2,3)4,34-28-22-19-23-29-34)35-30-24-20-25-31-35;1-4-7(5-2)6-3;;1-3-2;/h12-15,18-19,21-24,27-30,32H,5-11,16-17,20,25-26,31H2,1-4H3,(H,37,38,39,40);12-15,19-20,22-25,28-31,33H,5-11,16-18,21,26-27H2,1-4H3;4-6H2,1-3H3;1H;;/q;;;;-1;+1/b2*14-12-,15-13-;;;;. The van der Waals surface area contributed by atoms with Gasteiger partial charge in [-0.25, -0.2) is 0 Å². The van der Waals surface area contributed by atoms with Crippen molar-refractivity contribution in [1.82, 2.24) is 20.6 Å². The SMILES string of the molecule is CC(CCC/C=C\CCCCCCC/C=C\CCCC#N)O[Si](c1ccccc1)(c1ccccc1)C(C)(C)C.CC(CCC/C=C\CCCCCCC/C=C\CCCc1nn[nH]n1)O[Si](c1ccccc1)(c1ccccc1)C(C)(C)C.CC[NH+](CC)CC.[Cl-].[N-]=[N+]=[N-].[Na+]. The first-order chi connectivity index (χ1) is 44.1. The number of H-pyrrole nitrogens is 1. The van der Waals surface area contributed by atoms with E-state index in [1.807, 2.05) is 0 Å². The van der Waals surface area contributed by atoms with Gasteiger partial charge in [-0.3, -0.25) is 4.91 Å². The quantitative estimate of drug-likeness (QED) is 0.00988. The molecular weight excluding hydrogens is 1210 g/mol. The van der Waals surface area contributed by atoms with E-state index in [1.54, 1.807) is 4.90 Å². The van der Waals surface area contributed by atoms with E-state index in [0.29, 0.717) is 6.42 Å². The molecule has 0 saturated heterocycles. The summed E-state index contributed by atoms with van der Waals surface area (Å²) < 4.78 is 14.4. The zero-order valence-electron chi connectivity index (χ0n) is 60.2. The van der Waals surface area contributed by atoms with Crippen molar-refractivity contribution in [2.45, 2.75) is 265 Å². The molecule has 0 fully saturated rings. The third-order valence-electron chi connectivity index (χ3n) is 17.0. The topological polar surface area (TPSA) is 160 Å². The Kier molecular flexibility index (Phi) is 52.7. The Morgan fingerprint density at radius 1 is 0.484 bits per heavy atom. The maximum absolute atomic E-state index is 8.54. The van der Waals surface area contributed by atoms with Gasteiger partial charge in [0.15, 0.2) is 5.82 Å². The minimum Gasteiger partial charge on any atom is -1.00 e. The van der Waals surface area contributed by atoms with E-state index in [0.717, 1.165) is 63.6 Å². The third kappa shape index (κ3) is 36.9. The Hall–Kier alpha value is -4.69. The van der Waals surface area contributed by atoms with Gasteiger partial charge in [-0.05, 0) is 181 Å². The minimum atomic E-state index is -2.46. The molecule has 5 rings (SSSR count). The van der Waals surface area contributed by atoms with Crippen LogP contribution in [0.1, 0.15) is 243 Å². The fourth-order valence-electron chi connectivity index (χ4n) is 11.9. The summed E-state index contributed by atoms with van der Waals surface area (Å²) in [6.07, 6.45) is 49.7. The number of hydrogen-bond donors (Lipinski definition) is 2. The van der Waals surface area contributed by atoms with Crippen LogP contribution in [0.2, 0.25) is 10.1 Å². The van der Waals surface area contributed by atoms with Crippen molar-refractivity contribution in [2.24, 2.45) is 0 Å². The van der Waals surface area contributed by atoms with Gasteiger partial charge >= 0.3 is 29.6 Å². The average Bonchev–Trinajstić information content (AvgIpc) is 0.889. The van der Waals surface area contributed by atoms with Crippen LogP contribution in [-0.4, -0.2) is 69.1 Å². The second kappa shape index (κ2) is 55.4. The zero-order valence-corrected chi connectivity index (χ0v) is 64.9. The smallest absolute Gasteiger partial charge is 1.00 e. The number of rotatable bonds is 42. The summed E-state index contributed by atoms with van der Waals surface area (Å²) in [6, 6.07) is 46.1. The van der Waals surface area contributed by atoms with Crippen LogP contribution in [0, 0.1) is 11.3 Å². The fraction of sp³-hybridized carbons (Fsp3) is 0.564. The summed E-state index contributed by atoms with van der Waals surface area (Å²) in [7, 11) is -4.92. The molecule has 0 amide bonds. The molecule has 2 N–H and O–H groups in total. The van der Waals surface area contributed by atoms with Crippen LogP contribution in [0.15, 0.2) is 170 Å². The number of nitriles is 1. The van der Waals surface area contributed by atoms with Crippen molar-refractivity contribution in [3.8, 4) is 6.07 Å². The van der Waals surface area contributed by atoms with Crippen molar-refractivity contribution in [2.75, 3.05) is 19.6 Å². The van der Waals surface area contributed by atoms with E-state index < -0.39 is 16.6 Å². The number of halogens is 1. The normalized spacial score (nSPS) is 12.4. The average molecular weight is 1330 g/mol. The first kappa shape index (κ1) is 88.3. The molecule has 0 aliphatic heterocycles. The van der Waals surface area contributed by atoms with Gasteiger partial charge in [0.05, 0.1) is 25.7 Å². The van der Waals surface area contributed by atoms with Gasteiger partial charge in [0, 0.05) is 25.0 Å². The molecule has 93 heavy (non-hydrogen) atoms.